The van der Waals surface area contributed by atoms with Crippen LogP contribution in [0.3, 0.4) is 0 Å². The molecule has 0 N–H and O–H groups in total. The average molecular weight is 365 g/mol. The van der Waals surface area contributed by atoms with Gasteiger partial charge in [-0.3, -0.25) is 0 Å². The quantitative estimate of drug-likeness (QED) is 0.695. The van der Waals surface area contributed by atoms with Crippen LogP contribution in [0.1, 0.15) is 44.1 Å². The smallest absolute Gasteiger partial charge is 0.235 e. The second kappa shape index (κ2) is 6.03. The SMILES string of the molecule is CC(C)c1cc(-c2nc(CC3CC3)nn2CC(F)(F)F)nc2ncnn12. The lowest BCUT2D eigenvalue weighted by Crippen LogP contribution is -2.20. The number of fused-ring (bicyclic) bond motifs is 1. The molecule has 0 spiro atoms. The van der Waals surface area contributed by atoms with Crippen molar-refractivity contribution in [2.45, 2.75) is 51.7 Å². The van der Waals surface area contributed by atoms with E-state index in [1.54, 1.807) is 10.6 Å². The van der Waals surface area contributed by atoms with Crippen LogP contribution in [0.25, 0.3) is 17.3 Å². The Morgan fingerprint density at radius 1 is 1.23 bits per heavy atom. The molecular formula is C16H18F3N7. The first kappa shape index (κ1) is 16.9. The fraction of sp³-hybridized carbons (Fsp3) is 0.562. The molecule has 1 fully saturated rings. The first-order valence-corrected chi connectivity index (χ1v) is 8.51. The summed E-state index contributed by atoms with van der Waals surface area (Å²) in [5.41, 5.74) is 1.13. The maximum absolute atomic E-state index is 13.0. The molecule has 0 aliphatic heterocycles. The van der Waals surface area contributed by atoms with Gasteiger partial charge in [0.15, 0.2) is 11.6 Å². The first-order chi connectivity index (χ1) is 12.3. The number of aromatic nitrogens is 7. The number of alkyl halides is 3. The lowest BCUT2D eigenvalue weighted by atomic mass is 10.1. The Morgan fingerprint density at radius 3 is 2.65 bits per heavy atom. The lowest BCUT2D eigenvalue weighted by molar-refractivity contribution is -0.142. The summed E-state index contributed by atoms with van der Waals surface area (Å²) in [6.07, 6.45) is -0.270. The first-order valence-electron chi connectivity index (χ1n) is 8.51. The van der Waals surface area contributed by atoms with Gasteiger partial charge in [0.2, 0.25) is 0 Å². The van der Waals surface area contributed by atoms with Crippen molar-refractivity contribution in [1.29, 1.82) is 0 Å². The van der Waals surface area contributed by atoms with E-state index in [1.165, 1.54) is 6.33 Å². The zero-order valence-corrected chi connectivity index (χ0v) is 14.4. The van der Waals surface area contributed by atoms with Gasteiger partial charge in [-0.05, 0) is 30.7 Å². The summed E-state index contributed by atoms with van der Waals surface area (Å²) in [6, 6.07) is 1.71. The molecule has 7 nitrogen and oxygen atoms in total. The van der Waals surface area contributed by atoms with E-state index in [9.17, 15) is 13.2 Å². The third kappa shape index (κ3) is 3.40. The van der Waals surface area contributed by atoms with Crippen molar-refractivity contribution in [3.63, 3.8) is 0 Å². The summed E-state index contributed by atoms with van der Waals surface area (Å²) in [5, 5.41) is 8.23. The molecule has 0 atom stereocenters. The fourth-order valence-corrected chi connectivity index (χ4v) is 2.89. The minimum absolute atomic E-state index is 0.0888. The Labute approximate surface area is 147 Å². The molecule has 3 aromatic rings. The van der Waals surface area contributed by atoms with Crippen LogP contribution in [0.2, 0.25) is 0 Å². The molecule has 0 saturated heterocycles. The summed E-state index contributed by atoms with van der Waals surface area (Å²) in [6.45, 7) is 2.74. The Morgan fingerprint density at radius 2 is 2.00 bits per heavy atom. The highest BCUT2D eigenvalue weighted by Crippen LogP contribution is 2.33. The van der Waals surface area contributed by atoms with Crippen LogP contribution < -0.4 is 0 Å². The van der Waals surface area contributed by atoms with Crippen molar-refractivity contribution in [3.05, 3.63) is 23.9 Å². The molecule has 0 bridgehead atoms. The lowest BCUT2D eigenvalue weighted by Gasteiger charge is -2.11. The van der Waals surface area contributed by atoms with Crippen molar-refractivity contribution in [2.24, 2.45) is 5.92 Å². The monoisotopic (exact) mass is 365 g/mol. The standard InChI is InChI=1S/C16H18F3N7/c1-9(2)12-6-11(22-15-20-8-21-26(12)15)14-23-13(5-10-3-4-10)24-25(14)7-16(17,18)19/h6,8-10H,3-5,7H2,1-2H3. The summed E-state index contributed by atoms with van der Waals surface area (Å²) < 4.78 is 41.5. The second-order valence-corrected chi connectivity index (χ2v) is 6.96. The maximum Gasteiger partial charge on any atom is 0.408 e. The van der Waals surface area contributed by atoms with Gasteiger partial charge in [0.25, 0.3) is 5.78 Å². The highest BCUT2D eigenvalue weighted by Gasteiger charge is 2.32. The number of rotatable bonds is 5. The molecule has 3 aromatic heterocycles. The highest BCUT2D eigenvalue weighted by atomic mass is 19.4. The molecule has 0 amide bonds. The minimum atomic E-state index is -4.39. The van der Waals surface area contributed by atoms with E-state index < -0.39 is 12.7 Å². The molecule has 1 aliphatic rings. The van der Waals surface area contributed by atoms with Gasteiger partial charge in [0.1, 0.15) is 18.6 Å². The number of hydrogen-bond donors (Lipinski definition) is 0. The largest absolute Gasteiger partial charge is 0.408 e. The van der Waals surface area contributed by atoms with Crippen molar-refractivity contribution >= 4 is 5.78 Å². The summed E-state index contributed by atoms with van der Waals surface area (Å²) in [5.74, 6) is 1.44. The molecule has 3 heterocycles. The predicted octanol–water partition coefficient (Wildman–Crippen LogP) is 3.02. The summed E-state index contributed by atoms with van der Waals surface area (Å²) in [7, 11) is 0. The van der Waals surface area contributed by atoms with Gasteiger partial charge in [-0.1, -0.05) is 13.8 Å². The van der Waals surface area contributed by atoms with Crippen LogP contribution in [-0.4, -0.2) is 40.5 Å². The normalized spacial score (nSPS) is 15.3. The zero-order valence-electron chi connectivity index (χ0n) is 14.4. The average Bonchev–Trinajstić information content (AvgIpc) is 3.07. The Kier molecular flexibility index (Phi) is 3.92. The number of hydrogen-bond acceptors (Lipinski definition) is 5. The number of nitrogens with zero attached hydrogens (tertiary/aromatic N) is 7. The van der Waals surface area contributed by atoms with Crippen LogP contribution in [-0.2, 0) is 13.0 Å². The Hall–Kier alpha value is -2.52. The van der Waals surface area contributed by atoms with Crippen molar-refractivity contribution in [2.75, 3.05) is 0 Å². The Bertz CT molecular complexity index is 937. The van der Waals surface area contributed by atoms with E-state index in [2.05, 4.69) is 25.1 Å². The van der Waals surface area contributed by atoms with Crippen molar-refractivity contribution in [3.8, 4) is 11.5 Å². The Balaban J connectivity index is 1.82. The molecule has 138 valence electrons. The van der Waals surface area contributed by atoms with E-state index in [0.29, 0.717) is 29.6 Å². The van der Waals surface area contributed by atoms with Crippen LogP contribution in [0, 0.1) is 5.92 Å². The van der Waals surface area contributed by atoms with E-state index in [4.69, 9.17) is 0 Å². The van der Waals surface area contributed by atoms with Crippen molar-refractivity contribution in [1.82, 2.24) is 34.3 Å². The van der Waals surface area contributed by atoms with Crippen LogP contribution in [0.4, 0.5) is 13.2 Å². The summed E-state index contributed by atoms with van der Waals surface area (Å²) >= 11 is 0. The maximum atomic E-state index is 13.0. The predicted molar refractivity (Wildman–Crippen MR) is 86.4 cm³/mol. The molecule has 1 saturated carbocycles. The van der Waals surface area contributed by atoms with Gasteiger partial charge in [-0.25, -0.2) is 19.2 Å². The van der Waals surface area contributed by atoms with E-state index >= 15 is 0 Å². The van der Waals surface area contributed by atoms with Gasteiger partial charge in [0.05, 0.1) is 5.69 Å². The fourth-order valence-electron chi connectivity index (χ4n) is 2.89. The van der Waals surface area contributed by atoms with E-state index in [1.807, 2.05) is 13.8 Å². The molecule has 26 heavy (non-hydrogen) atoms. The zero-order chi connectivity index (χ0) is 18.5. The highest BCUT2D eigenvalue weighted by molar-refractivity contribution is 5.54. The van der Waals surface area contributed by atoms with Gasteiger partial charge in [-0.15, -0.1) is 0 Å². The molecule has 1 aliphatic carbocycles. The molecule has 0 radical (unpaired) electrons. The van der Waals surface area contributed by atoms with E-state index in [-0.39, 0.29) is 11.7 Å². The van der Waals surface area contributed by atoms with Gasteiger partial charge in [-0.2, -0.15) is 28.4 Å². The van der Waals surface area contributed by atoms with Gasteiger partial charge in [0, 0.05) is 6.42 Å². The summed E-state index contributed by atoms with van der Waals surface area (Å²) in [4.78, 5) is 12.8. The van der Waals surface area contributed by atoms with Gasteiger partial charge >= 0.3 is 6.18 Å². The van der Waals surface area contributed by atoms with Crippen LogP contribution in [0.5, 0.6) is 0 Å². The van der Waals surface area contributed by atoms with Crippen molar-refractivity contribution < 1.29 is 13.2 Å². The molecule has 0 unspecified atom stereocenters. The second-order valence-electron chi connectivity index (χ2n) is 6.96. The third-order valence-electron chi connectivity index (χ3n) is 4.31. The molecule has 10 heteroatoms. The minimum Gasteiger partial charge on any atom is -0.235 e. The van der Waals surface area contributed by atoms with Gasteiger partial charge < -0.3 is 0 Å². The van der Waals surface area contributed by atoms with Crippen LogP contribution in [0.15, 0.2) is 12.4 Å². The topological polar surface area (TPSA) is 73.8 Å². The molecule has 0 aromatic carbocycles. The molecule has 4 rings (SSSR count). The molecular weight excluding hydrogens is 347 g/mol. The van der Waals surface area contributed by atoms with Crippen LogP contribution >= 0.6 is 0 Å². The number of halogens is 3. The van der Waals surface area contributed by atoms with E-state index in [0.717, 1.165) is 23.2 Å². The third-order valence-corrected chi connectivity index (χ3v) is 4.31.